The van der Waals surface area contributed by atoms with Gasteiger partial charge in [0.15, 0.2) is 0 Å². The first-order valence-electron chi connectivity index (χ1n) is 7.29. The van der Waals surface area contributed by atoms with Crippen molar-refractivity contribution in [2.45, 2.75) is 12.5 Å². The molecule has 1 aliphatic heterocycles. The Morgan fingerprint density at radius 3 is 1.27 bits per heavy atom. The quantitative estimate of drug-likeness (QED) is 0.313. The molecule has 0 atom stereocenters. The Morgan fingerprint density at radius 1 is 0.731 bits per heavy atom. The molecule has 0 fully saturated rings. The summed E-state index contributed by atoms with van der Waals surface area (Å²) >= 11 is -1.04. The number of nitrogens with zero attached hydrogens (tertiary/aromatic N) is 1. The molecule has 1 rings (SSSR count). The van der Waals surface area contributed by atoms with Crippen LogP contribution in [-0.4, -0.2) is 91.8 Å². The molecule has 0 amide bonds. The van der Waals surface area contributed by atoms with E-state index in [0.29, 0.717) is 0 Å². The maximum atomic E-state index is 12.5. The standard InChI is InChI=1S/C16H21NO8Se/c1-16(17(2)3)8(12(18)22-4)10(14(20)24-6)26-11(15(21)25-7)9(16)13(19)23-5/h1-7H3. The van der Waals surface area contributed by atoms with Gasteiger partial charge in [-0.15, -0.1) is 0 Å². The Morgan fingerprint density at radius 2 is 1.04 bits per heavy atom. The molecule has 0 saturated carbocycles. The summed E-state index contributed by atoms with van der Waals surface area (Å²) in [7, 11) is 7.81. The van der Waals surface area contributed by atoms with Crippen molar-refractivity contribution in [3.63, 3.8) is 0 Å². The zero-order chi connectivity index (χ0) is 20.2. The van der Waals surface area contributed by atoms with Crippen LogP contribution in [0.2, 0.25) is 0 Å². The summed E-state index contributed by atoms with van der Waals surface area (Å²) in [4.78, 5) is 51.2. The minimum atomic E-state index is -1.48. The fourth-order valence-electron chi connectivity index (χ4n) is 2.48. The van der Waals surface area contributed by atoms with Crippen molar-refractivity contribution >= 4 is 38.8 Å². The summed E-state index contributed by atoms with van der Waals surface area (Å²) in [6, 6.07) is 0. The number of rotatable bonds is 5. The summed E-state index contributed by atoms with van der Waals surface area (Å²) in [5.41, 5.74) is -1.64. The zero-order valence-corrected chi connectivity index (χ0v) is 17.3. The Balaban J connectivity index is 3.98. The minimum absolute atomic E-state index is 0.0314. The van der Waals surface area contributed by atoms with Gasteiger partial charge in [-0.1, -0.05) is 0 Å². The first kappa shape index (κ1) is 21.9. The monoisotopic (exact) mass is 435 g/mol. The van der Waals surface area contributed by atoms with E-state index < -0.39 is 44.4 Å². The van der Waals surface area contributed by atoms with Crippen molar-refractivity contribution in [3.05, 3.63) is 20.1 Å². The summed E-state index contributed by atoms with van der Waals surface area (Å²) in [5.74, 6) is -3.20. The van der Waals surface area contributed by atoms with Gasteiger partial charge >= 0.3 is 157 Å². The predicted octanol–water partition coefficient (Wildman–Crippen LogP) is -0.775. The summed E-state index contributed by atoms with van der Waals surface area (Å²) in [5, 5.41) is 0. The Bertz CT molecular complexity index is 655. The molecular formula is C16H21NO8Se. The van der Waals surface area contributed by atoms with E-state index in [1.54, 1.807) is 14.1 Å². The summed E-state index contributed by atoms with van der Waals surface area (Å²) in [6.07, 6.45) is 0. The van der Waals surface area contributed by atoms with Gasteiger partial charge in [-0.2, -0.15) is 0 Å². The normalized spacial score (nSPS) is 16.3. The van der Waals surface area contributed by atoms with Gasteiger partial charge in [0, 0.05) is 0 Å². The SMILES string of the molecule is COC(=O)C1=C(C(=O)OC)C(C)(N(C)C)C(C(=O)OC)=C(C(=O)OC)[Se]1. The van der Waals surface area contributed by atoms with Crippen LogP contribution < -0.4 is 0 Å². The van der Waals surface area contributed by atoms with E-state index in [4.69, 9.17) is 18.9 Å². The van der Waals surface area contributed by atoms with E-state index in [-0.39, 0.29) is 20.1 Å². The van der Waals surface area contributed by atoms with Gasteiger partial charge in [0.1, 0.15) is 0 Å². The molecule has 0 radical (unpaired) electrons. The van der Waals surface area contributed by atoms with Crippen LogP contribution in [-0.2, 0) is 38.1 Å². The molecule has 1 heterocycles. The van der Waals surface area contributed by atoms with Crippen LogP contribution in [0.1, 0.15) is 6.92 Å². The molecule has 0 N–H and O–H groups in total. The van der Waals surface area contributed by atoms with Gasteiger partial charge in [-0.3, -0.25) is 0 Å². The number of carbonyl (C=O) groups excluding carboxylic acids is 4. The summed E-state index contributed by atoms with van der Waals surface area (Å²) in [6.45, 7) is 1.52. The molecule has 0 aromatic carbocycles. The Hall–Kier alpha value is -2.16. The molecule has 0 aromatic rings. The van der Waals surface area contributed by atoms with Crippen LogP contribution in [0.3, 0.4) is 0 Å². The average molecular weight is 434 g/mol. The number of methoxy groups -OCH3 is 4. The number of likely N-dealkylation sites (N-methyl/N-ethyl adjacent to an activating group) is 1. The van der Waals surface area contributed by atoms with E-state index in [9.17, 15) is 19.2 Å². The topological polar surface area (TPSA) is 108 Å². The van der Waals surface area contributed by atoms with Crippen LogP contribution in [0, 0.1) is 0 Å². The average Bonchev–Trinajstić information content (AvgIpc) is 2.64. The van der Waals surface area contributed by atoms with E-state index in [2.05, 4.69) is 0 Å². The molecule has 26 heavy (non-hydrogen) atoms. The third kappa shape index (κ3) is 3.53. The molecule has 0 aliphatic carbocycles. The second-order valence-corrected chi connectivity index (χ2v) is 7.58. The molecule has 0 unspecified atom stereocenters. The molecule has 10 heteroatoms. The molecule has 9 nitrogen and oxygen atoms in total. The van der Waals surface area contributed by atoms with Crippen molar-refractivity contribution in [3.8, 4) is 0 Å². The van der Waals surface area contributed by atoms with Gasteiger partial charge in [0.05, 0.1) is 0 Å². The second-order valence-electron chi connectivity index (χ2n) is 5.44. The molecule has 0 spiro atoms. The van der Waals surface area contributed by atoms with Crippen LogP contribution >= 0.6 is 0 Å². The number of hydrogen-bond donors (Lipinski definition) is 0. The van der Waals surface area contributed by atoms with Crippen LogP contribution in [0.15, 0.2) is 20.1 Å². The first-order chi connectivity index (χ1) is 12.1. The van der Waals surface area contributed by atoms with E-state index in [0.717, 1.165) is 28.4 Å². The number of hydrogen-bond acceptors (Lipinski definition) is 9. The van der Waals surface area contributed by atoms with Crippen LogP contribution in [0.5, 0.6) is 0 Å². The van der Waals surface area contributed by atoms with E-state index >= 15 is 0 Å². The predicted molar refractivity (Wildman–Crippen MR) is 90.0 cm³/mol. The molecule has 1 aliphatic rings. The van der Waals surface area contributed by atoms with Crippen molar-refractivity contribution in [2.75, 3.05) is 42.5 Å². The van der Waals surface area contributed by atoms with Gasteiger partial charge < -0.3 is 0 Å². The van der Waals surface area contributed by atoms with Gasteiger partial charge in [-0.05, 0) is 0 Å². The Labute approximate surface area is 157 Å². The second kappa shape index (κ2) is 8.48. The third-order valence-corrected chi connectivity index (χ3v) is 6.46. The molecule has 144 valence electrons. The number of esters is 4. The van der Waals surface area contributed by atoms with Gasteiger partial charge in [-0.25, -0.2) is 0 Å². The van der Waals surface area contributed by atoms with Gasteiger partial charge in [0.25, 0.3) is 0 Å². The fraction of sp³-hybridized carbons (Fsp3) is 0.500. The first-order valence-corrected chi connectivity index (χ1v) is 9.01. The number of carbonyl (C=O) groups is 4. The molecule has 0 bridgehead atoms. The van der Waals surface area contributed by atoms with Crippen molar-refractivity contribution < 1.29 is 38.1 Å². The molecule has 0 aromatic heterocycles. The molecule has 0 saturated heterocycles. The van der Waals surface area contributed by atoms with Crippen molar-refractivity contribution in [1.82, 2.24) is 4.90 Å². The van der Waals surface area contributed by atoms with E-state index in [1.165, 1.54) is 11.8 Å². The fourth-order valence-corrected chi connectivity index (χ4v) is 5.22. The van der Waals surface area contributed by atoms with Crippen LogP contribution in [0.4, 0.5) is 0 Å². The van der Waals surface area contributed by atoms with E-state index in [1.807, 2.05) is 0 Å². The van der Waals surface area contributed by atoms with Crippen molar-refractivity contribution in [2.24, 2.45) is 0 Å². The Kier molecular flexibility index (Phi) is 7.14. The third-order valence-electron chi connectivity index (χ3n) is 4.05. The number of ether oxygens (including phenoxy) is 4. The van der Waals surface area contributed by atoms with Gasteiger partial charge in [0.2, 0.25) is 0 Å². The van der Waals surface area contributed by atoms with Crippen LogP contribution in [0.25, 0.3) is 0 Å². The maximum absolute atomic E-state index is 12.5. The van der Waals surface area contributed by atoms with Crippen molar-refractivity contribution in [1.29, 1.82) is 0 Å². The zero-order valence-electron chi connectivity index (χ0n) is 15.6. The molecular weight excluding hydrogens is 413 g/mol. The summed E-state index contributed by atoms with van der Waals surface area (Å²) < 4.78 is 19.1.